The van der Waals surface area contributed by atoms with Gasteiger partial charge in [-0.05, 0) is 17.0 Å². The Morgan fingerprint density at radius 3 is 3.18 bits per heavy atom. The highest BCUT2D eigenvalue weighted by Gasteiger charge is 2.08. The summed E-state index contributed by atoms with van der Waals surface area (Å²) in [6.07, 6.45) is 0. The fourth-order valence-corrected chi connectivity index (χ4v) is 0.860. The lowest BCUT2D eigenvalue weighted by Gasteiger charge is -1.87. The van der Waals surface area contributed by atoms with Crippen LogP contribution in [0.5, 0.6) is 5.75 Å². The lowest BCUT2D eigenvalue weighted by atomic mass is 10.3. The molecule has 0 unspecified atom stereocenters. The van der Waals surface area contributed by atoms with Gasteiger partial charge >= 0.3 is 0 Å². The maximum atomic E-state index is 10.7. The summed E-state index contributed by atoms with van der Waals surface area (Å²) < 4.78 is 4.27. The third-order valence-corrected chi connectivity index (χ3v) is 1.37. The predicted molar refractivity (Wildman–Crippen MR) is 34.6 cm³/mol. The number of fused-ring (bicyclic) bond motifs is 1. The van der Waals surface area contributed by atoms with Crippen molar-refractivity contribution in [1.82, 2.24) is 5.16 Å². The average Bonchev–Trinajstić information content (AvgIpc) is 2.33. The first-order valence-corrected chi connectivity index (χ1v) is 2.96. The van der Waals surface area contributed by atoms with Crippen molar-refractivity contribution in [3.05, 3.63) is 23.4 Å². The van der Waals surface area contributed by atoms with Gasteiger partial charge in [0.15, 0.2) is 0 Å². The third kappa shape index (κ3) is 0.778. The van der Waals surface area contributed by atoms with Crippen LogP contribution in [-0.4, -0.2) is 10.3 Å². The Kier molecular flexibility index (Phi) is 1.00. The SMILES string of the molecule is [O-][n+]1onc2ccc(O)cc21. The normalized spacial score (nSPS) is 10.5. The van der Waals surface area contributed by atoms with Crippen molar-refractivity contribution in [2.45, 2.75) is 0 Å². The van der Waals surface area contributed by atoms with Crippen LogP contribution in [0.15, 0.2) is 22.8 Å². The highest BCUT2D eigenvalue weighted by atomic mass is 16.8. The van der Waals surface area contributed by atoms with Crippen molar-refractivity contribution in [3.8, 4) is 5.75 Å². The zero-order valence-corrected chi connectivity index (χ0v) is 5.39. The van der Waals surface area contributed by atoms with Crippen LogP contribution < -0.4 is 4.90 Å². The summed E-state index contributed by atoms with van der Waals surface area (Å²) in [5, 5.41) is 23.1. The van der Waals surface area contributed by atoms with Gasteiger partial charge in [-0.25, -0.2) is 0 Å². The molecule has 11 heavy (non-hydrogen) atoms. The molecule has 0 fully saturated rings. The second-order valence-corrected chi connectivity index (χ2v) is 2.10. The predicted octanol–water partition coefficient (Wildman–Crippen LogP) is 0.167. The molecule has 5 heteroatoms. The minimum atomic E-state index is 0.0188. The number of rotatable bonds is 0. The molecule has 1 N–H and O–H groups in total. The quantitative estimate of drug-likeness (QED) is 0.546. The number of aromatic hydroxyl groups is 1. The van der Waals surface area contributed by atoms with Gasteiger partial charge in [-0.3, -0.25) is 4.63 Å². The van der Waals surface area contributed by atoms with Gasteiger partial charge in [0.1, 0.15) is 5.75 Å². The summed E-state index contributed by atoms with van der Waals surface area (Å²) in [6, 6.07) is 4.23. The molecule has 1 heterocycles. The van der Waals surface area contributed by atoms with Gasteiger partial charge in [0.25, 0.3) is 0 Å². The van der Waals surface area contributed by atoms with Gasteiger partial charge in [-0.1, -0.05) is 0 Å². The molecule has 0 aliphatic carbocycles. The molecule has 0 aliphatic rings. The largest absolute Gasteiger partial charge is 0.508 e. The van der Waals surface area contributed by atoms with Crippen molar-refractivity contribution in [3.63, 3.8) is 0 Å². The Balaban J connectivity index is 2.87. The van der Waals surface area contributed by atoms with Gasteiger partial charge < -0.3 is 10.3 Å². The second kappa shape index (κ2) is 1.85. The maximum absolute atomic E-state index is 10.7. The molecule has 0 aliphatic heterocycles. The van der Waals surface area contributed by atoms with Crippen molar-refractivity contribution < 1.29 is 14.6 Å². The average molecular weight is 152 g/mol. The van der Waals surface area contributed by atoms with Crippen LogP contribution in [0.3, 0.4) is 0 Å². The van der Waals surface area contributed by atoms with Gasteiger partial charge in [-0.2, -0.15) is 0 Å². The zero-order valence-electron chi connectivity index (χ0n) is 5.39. The third-order valence-electron chi connectivity index (χ3n) is 1.37. The first-order valence-electron chi connectivity index (χ1n) is 2.96. The van der Waals surface area contributed by atoms with Crippen molar-refractivity contribution in [1.29, 1.82) is 0 Å². The van der Waals surface area contributed by atoms with E-state index >= 15 is 0 Å². The van der Waals surface area contributed by atoms with Crippen LogP contribution in [0.25, 0.3) is 11.0 Å². The van der Waals surface area contributed by atoms with Gasteiger partial charge in [0, 0.05) is 11.2 Å². The molecule has 0 bridgehead atoms. The molecule has 0 spiro atoms. The molecule has 2 aromatic rings. The van der Waals surface area contributed by atoms with Gasteiger partial charge in [0.2, 0.25) is 11.0 Å². The molecule has 1 aromatic heterocycles. The van der Waals surface area contributed by atoms with Crippen LogP contribution in [-0.2, 0) is 0 Å². The van der Waals surface area contributed by atoms with Crippen LogP contribution >= 0.6 is 0 Å². The van der Waals surface area contributed by atoms with E-state index in [2.05, 4.69) is 9.79 Å². The Labute approximate surface area is 61.0 Å². The van der Waals surface area contributed by atoms with Crippen molar-refractivity contribution in [2.24, 2.45) is 0 Å². The Morgan fingerprint density at radius 2 is 2.36 bits per heavy atom. The van der Waals surface area contributed by atoms with E-state index in [9.17, 15) is 5.21 Å². The number of aromatic nitrogens is 2. The minimum Gasteiger partial charge on any atom is -0.508 e. The number of hydrogen-bond donors (Lipinski definition) is 1. The van der Waals surface area contributed by atoms with Gasteiger partial charge in [0.05, 0.1) is 0 Å². The van der Waals surface area contributed by atoms with E-state index in [1.165, 1.54) is 18.2 Å². The molecular formula is C6H4N2O3. The monoisotopic (exact) mass is 152 g/mol. The summed E-state index contributed by atoms with van der Waals surface area (Å²) in [5.74, 6) is 0.0188. The molecular weight excluding hydrogens is 148 g/mol. The van der Waals surface area contributed by atoms with E-state index in [-0.39, 0.29) is 16.2 Å². The van der Waals surface area contributed by atoms with E-state index < -0.39 is 0 Å². The number of nitrogens with zero attached hydrogens (tertiary/aromatic N) is 2. The van der Waals surface area contributed by atoms with Crippen LogP contribution in [0.4, 0.5) is 0 Å². The molecule has 0 radical (unpaired) electrons. The highest BCUT2D eigenvalue weighted by molar-refractivity contribution is 5.71. The zero-order chi connectivity index (χ0) is 7.84. The lowest BCUT2D eigenvalue weighted by Crippen LogP contribution is -2.22. The molecule has 0 saturated carbocycles. The molecule has 0 atom stereocenters. The van der Waals surface area contributed by atoms with Crippen molar-refractivity contribution >= 4 is 11.0 Å². The van der Waals surface area contributed by atoms with Crippen LogP contribution in [0.2, 0.25) is 0 Å². The number of benzene rings is 1. The first kappa shape index (κ1) is 5.96. The first-order chi connectivity index (χ1) is 5.27. The van der Waals surface area contributed by atoms with Crippen molar-refractivity contribution in [2.75, 3.05) is 0 Å². The summed E-state index contributed by atoms with van der Waals surface area (Å²) in [6.45, 7) is 0. The van der Waals surface area contributed by atoms with Gasteiger partial charge in [-0.15, -0.1) is 0 Å². The second-order valence-electron chi connectivity index (χ2n) is 2.10. The minimum absolute atomic E-state index is 0.0188. The molecule has 2 rings (SSSR count). The Morgan fingerprint density at radius 1 is 1.55 bits per heavy atom. The fraction of sp³-hybridized carbons (Fsp3) is 0. The molecule has 56 valence electrons. The summed E-state index contributed by atoms with van der Waals surface area (Å²) in [7, 11) is 0. The highest BCUT2D eigenvalue weighted by Crippen LogP contribution is 2.14. The Bertz CT molecular complexity index is 396. The Hall–Kier alpha value is -1.78. The topological polar surface area (TPSA) is 73.2 Å². The summed E-state index contributed by atoms with van der Waals surface area (Å²) in [4.78, 5) is 0.245. The molecule has 5 nitrogen and oxygen atoms in total. The molecule has 0 amide bonds. The smallest absolute Gasteiger partial charge is 0.248 e. The van der Waals surface area contributed by atoms with E-state index in [0.29, 0.717) is 5.52 Å². The standard InChI is InChI=1S/C6H4N2O3/c9-4-1-2-5-6(3-4)8(10)11-7-5/h1-3,9H. The van der Waals surface area contributed by atoms with E-state index in [4.69, 9.17) is 5.11 Å². The van der Waals surface area contributed by atoms with E-state index in [0.717, 1.165) is 0 Å². The lowest BCUT2D eigenvalue weighted by molar-refractivity contribution is -0.782. The van der Waals surface area contributed by atoms with Crippen LogP contribution in [0.1, 0.15) is 0 Å². The number of phenols is 1. The van der Waals surface area contributed by atoms with Crippen LogP contribution in [0, 0.1) is 5.21 Å². The fourth-order valence-electron chi connectivity index (χ4n) is 0.860. The number of hydrogen-bond acceptors (Lipinski definition) is 4. The summed E-state index contributed by atoms with van der Waals surface area (Å²) in [5.41, 5.74) is 0.655. The molecule has 0 saturated heterocycles. The number of phenolic OH excluding ortho intramolecular Hbond substituents is 1. The summed E-state index contributed by atoms with van der Waals surface area (Å²) >= 11 is 0. The maximum Gasteiger partial charge on any atom is 0.248 e. The van der Waals surface area contributed by atoms with E-state index in [1.807, 2.05) is 0 Å². The molecule has 1 aromatic carbocycles. The van der Waals surface area contributed by atoms with E-state index in [1.54, 1.807) is 0 Å².